The van der Waals surface area contributed by atoms with Gasteiger partial charge in [-0.3, -0.25) is 19.3 Å². The maximum Gasteiger partial charge on any atom is 0.303 e. The lowest BCUT2D eigenvalue weighted by Gasteiger charge is -2.35. The van der Waals surface area contributed by atoms with E-state index in [-0.39, 0.29) is 12.8 Å². The molecule has 0 atom stereocenters. The highest BCUT2D eigenvalue weighted by Gasteiger charge is 2.21. The molecule has 2 N–H and O–H groups in total. The van der Waals surface area contributed by atoms with Gasteiger partial charge in [0.05, 0.1) is 31.3 Å². The SMILES string of the molecule is O=C(O)CCC(=O)O.O=C1CCCCN1Cc1ccc(CN2CCN(c3cccc4ccoc34)CC2)s1. The van der Waals surface area contributed by atoms with Gasteiger partial charge in [0, 0.05) is 60.8 Å². The number of fused-ring (bicyclic) bond motifs is 1. The molecule has 37 heavy (non-hydrogen) atoms. The summed E-state index contributed by atoms with van der Waals surface area (Å²) >= 11 is 1.86. The lowest BCUT2D eigenvalue weighted by atomic mass is 10.1. The Bertz CT molecular complexity index is 1200. The number of carboxylic acid groups (broad SMARTS) is 2. The molecule has 10 heteroatoms. The predicted octanol–water partition coefficient (Wildman–Crippen LogP) is 4.26. The van der Waals surface area contributed by atoms with Crippen LogP contribution in [0, 0.1) is 0 Å². The van der Waals surface area contributed by atoms with Crippen molar-refractivity contribution in [3.05, 3.63) is 52.4 Å². The predicted molar refractivity (Wildman–Crippen MR) is 142 cm³/mol. The molecule has 0 unspecified atom stereocenters. The van der Waals surface area contributed by atoms with E-state index in [2.05, 4.69) is 40.1 Å². The van der Waals surface area contributed by atoms with Crippen molar-refractivity contribution in [2.75, 3.05) is 37.6 Å². The van der Waals surface area contributed by atoms with Crippen LogP contribution in [-0.2, 0) is 27.5 Å². The summed E-state index contributed by atoms with van der Waals surface area (Å²) in [6.45, 7) is 6.82. The number of furan rings is 1. The molecule has 0 radical (unpaired) electrons. The van der Waals surface area contributed by atoms with Gasteiger partial charge in [0.2, 0.25) is 5.91 Å². The third-order valence-electron chi connectivity index (χ3n) is 6.59. The third kappa shape index (κ3) is 7.56. The Kier molecular flexibility index (Phi) is 9.19. The zero-order valence-electron chi connectivity index (χ0n) is 20.8. The zero-order valence-corrected chi connectivity index (χ0v) is 21.6. The number of carbonyl (C=O) groups excluding carboxylic acids is 1. The summed E-state index contributed by atoms with van der Waals surface area (Å²) in [5.74, 6) is -1.84. The second-order valence-electron chi connectivity index (χ2n) is 9.31. The summed E-state index contributed by atoms with van der Waals surface area (Å²) in [6.07, 6.45) is 4.08. The lowest BCUT2D eigenvalue weighted by Crippen LogP contribution is -2.45. The van der Waals surface area contributed by atoms with Crippen molar-refractivity contribution in [3.63, 3.8) is 0 Å². The minimum atomic E-state index is -1.08. The van der Waals surface area contributed by atoms with Crippen LogP contribution in [0.1, 0.15) is 41.9 Å². The molecule has 198 valence electrons. The number of rotatable bonds is 8. The van der Waals surface area contributed by atoms with Crippen molar-refractivity contribution >= 4 is 45.8 Å². The molecule has 3 aromatic rings. The first-order valence-electron chi connectivity index (χ1n) is 12.6. The summed E-state index contributed by atoms with van der Waals surface area (Å²) in [5.41, 5.74) is 2.20. The topological polar surface area (TPSA) is 115 Å². The molecule has 5 rings (SSSR count). The minimum absolute atomic E-state index is 0.296. The minimum Gasteiger partial charge on any atom is -0.481 e. The van der Waals surface area contributed by atoms with Crippen LogP contribution in [0.5, 0.6) is 0 Å². The van der Waals surface area contributed by atoms with Gasteiger partial charge in [0.15, 0.2) is 5.58 Å². The summed E-state index contributed by atoms with van der Waals surface area (Å²) in [5, 5.41) is 17.0. The molecule has 2 aliphatic heterocycles. The van der Waals surface area contributed by atoms with Crippen molar-refractivity contribution in [2.45, 2.75) is 45.2 Å². The van der Waals surface area contributed by atoms with E-state index in [1.54, 1.807) is 6.26 Å². The Morgan fingerprint density at radius 3 is 2.24 bits per heavy atom. The van der Waals surface area contributed by atoms with Gasteiger partial charge in [-0.25, -0.2) is 0 Å². The molecule has 0 aliphatic carbocycles. The molecule has 4 heterocycles. The van der Waals surface area contributed by atoms with Crippen LogP contribution in [0.15, 0.2) is 47.1 Å². The van der Waals surface area contributed by atoms with E-state index in [1.807, 2.05) is 22.3 Å². The van der Waals surface area contributed by atoms with E-state index in [1.165, 1.54) is 20.8 Å². The van der Waals surface area contributed by atoms with E-state index < -0.39 is 11.9 Å². The Morgan fingerprint density at radius 1 is 0.865 bits per heavy atom. The van der Waals surface area contributed by atoms with E-state index in [9.17, 15) is 14.4 Å². The summed E-state index contributed by atoms with van der Waals surface area (Å²) in [7, 11) is 0. The summed E-state index contributed by atoms with van der Waals surface area (Å²) in [4.78, 5) is 41.0. The molecular weight excluding hydrogens is 494 g/mol. The van der Waals surface area contributed by atoms with E-state index in [0.717, 1.165) is 64.2 Å². The number of amides is 1. The number of carbonyl (C=O) groups is 3. The fourth-order valence-electron chi connectivity index (χ4n) is 4.62. The molecule has 1 aromatic carbocycles. The van der Waals surface area contributed by atoms with Crippen LogP contribution in [-0.4, -0.2) is 70.6 Å². The van der Waals surface area contributed by atoms with Crippen molar-refractivity contribution in [1.29, 1.82) is 0 Å². The number of piperidine rings is 1. The number of thiophene rings is 1. The molecule has 0 saturated carbocycles. The first-order chi connectivity index (χ1) is 17.9. The van der Waals surface area contributed by atoms with Crippen molar-refractivity contribution in [1.82, 2.24) is 9.80 Å². The van der Waals surface area contributed by atoms with E-state index >= 15 is 0 Å². The quantitative estimate of drug-likeness (QED) is 0.447. The maximum atomic E-state index is 12.0. The third-order valence-corrected chi connectivity index (χ3v) is 7.64. The number of piperazine rings is 1. The average Bonchev–Trinajstić information content (AvgIpc) is 3.54. The number of aliphatic carboxylic acids is 2. The fourth-order valence-corrected chi connectivity index (χ4v) is 5.69. The number of hydrogen-bond donors (Lipinski definition) is 2. The molecule has 2 saturated heterocycles. The van der Waals surface area contributed by atoms with Crippen molar-refractivity contribution in [2.24, 2.45) is 0 Å². The van der Waals surface area contributed by atoms with E-state index in [4.69, 9.17) is 14.6 Å². The van der Waals surface area contributed by atoms with Crippen LogP contribution in [0.4, 0.5) is 5.69 Å². The van der Waals surface area contributed by atoms with Crippen molar-refractivity contribution < 1.29 is 29.0 Å². The van der Waals surface area contributed by atoms with Gasteiger partial charge in [-0.15, -0.1) is 11.3 Å². The molecular formula is C27H33N3O6S. The van der Waals surface area contributed by atoms with Gasteiger partial charge >= 0.3 is 11.9 Å². The van der Waals surface area contributed by atoms with E-state index in [0.29, 0.717) is 12.3 Å². The van der Waals surface area contributed by atoms with Crippen LogP contribution >= 0.6 is 11.3 Å². The highest BCUT2D eigenvalue weighted by Crippen LogP contribution is 2.29. The lowest BCUT2D eigenvalue weighted by molar-refractivity contribution is -0.143. The van der Waals surface area contributed by atoms with Crippen LogP contribution in [0.2, 0.25) is 0 Å². The Hall–Kier alpha value is -3.37. The average molecular weight is 528 g/mol. The second kappa shape index (κ2) is 12.7. The van der Waals surface area contributed by atoms with Gasteiger partial charge < -0.3 is 24.4 Å². The van der Waals surface area contributed by atoms with Crippen LogP contribution in [0.25, 0.3) is 11.0 Å². The van der Waals surface area contributed by atoms with Crippen LogP contribution < -0.4 is 4.90 Å². The highest BCUT2D eigenvalue weighted by molar-refractivity contribution is 7.11. The first kappa shape index (κ1) is 26.7. The Morgan fingerprint density at radius 2 is 1.57 bits per heavy atom. The molecule has 2 aromatic heterocycles. The van der Waals surface area contributed by atoms with Crippen LogP contribution in [0.3, 0.4) is 0 Å². The monoisotopic (exact) mass is 527 g/mol. The standard InChI is InChI=1S/C23H27N3O2S.C4H6O4/c27-22-6-1-2-10-26(22)17-20-8-7-19(29-20)16-24-11-13-25(14-12-24)21-5-3-4-18-9-15-28-23(18)21;5-3(6)1-2-4(7)8/h3-5,7-9,15H,1-2,6,10-14,16-17H2;1-2H2,(H,5,6)(H,7,8). The first-order valence-corrected chi connectivity index (χ1v) is 13.4. The van der Waals surface area contributed by atoms with Crippen molar-refractivity contribution in [3.8, 4) is 0 Å². The second-order valence-corrected chi connectivity index (χ2v) is 10.6. The summed E-state index contributed by atoms with van der Waals surface area (Å²) in [6, 6.07) is 12.8. The number of benzene rings is 1. The number of para-hydroxylation sites is 1. The molecule has 2 aliphatic rings. The molecule has 2 fully saturated rings. The number of nitrogens with zero attached hydrogens (tertiary/aromatic N) is 3. The highest BCUT2D eigenvalue weighted by atomic mass is 32.1. The Labute approximate surface area is 219 Å². The summed E-state index contributed by atoms with van der Waals surface area (Å²) < 4.78 is 5.72. The molecule has 0 bridgehead atoms. The van der Waals surface area contributed by atoms with Gasteiger partial charge in [0.1, 0.15) is 0 Å². The van der Waals surface area contributed by atoms with Gasteiger partial charge in [-0.1, -0.05) is 12.1 Å². The molecule has 9 nitrogen and oxygen atoms in total. The zero-order chi connectivity index (χ0) is 26.2. The number of carboxylic acids is 2. The fraction of sp³-hybridized carbons (Fsp3) is 0.444. The normalized spacial score (nSPS) is 16.5. The number of hydrogen-bond acceptors (Lipinski definition) is 7. The maximum absolute atomic E-state index is 12.0. The Balaban J connectivity index is 0.000000349. The van der Waals surface area contributed by atoms with Gasteiger partial charge in [-0.2, -0.15) is 0 Å². The van der Waals surface area contributed by atoms with Gasteiger partial charge in [-0.05, 0) is 37.1 Å². The van der Waals surface area contributed by atoms with Gasteiger partial charge in [0.25, 0.3) is 0 Å². The largest absolute Gasteiger partial charge is 0.481 e. The molecule has 0 spiro atoms. The number of anilines is 1. The smallest absolute Gasteiger partial charge is 0.303 e. The number of likely N-dealkylation sites (tertiary alicyclic amines) is 1. The molecule has 1 amide bonds.